The summed E-state index contributed by atoms with van der Waals surface area (Å²) in [6.45, 7) is 8.19. The van der Waals surface area contributed by atoms with E-state index < -0.39 is 0 Å². The van der Waals surface area contributed by atoms with Gasteiger partial charge in [0.2, 0.25) is 5.78 Å². The quantitative estimate of drug-likeness (QED) is 0.476. The first-order chi connectivity index (χ1) is 16.4. The van der Waals surface area contributed by atoms with Crippen molar-refractivity contribution < 1.29 is 28.9 Å². The minimum atomic E-state index is -0.203. The van der Waals surface area contributed by atoms with Gasteiger partial charge in [-0.05, 0) is 75.6 Å². The Labute approximate surface area is 199 Å². The average molecular weight is 466 g/mol. The van der Waals surface area contributed by atoms with E-state index in [9.17, 15) is 14.7 Å². The maximum absolute atomic E-state index is 13.2. The van der Waals surface area contributed by atoms with Crippen LogP contribution in [-0.2, 0) is 16.1 Å². The van der Waals surface area contributed by atoms with Crippen LogP contribution in [0.4, 0.5) is 0 Å². The van der Waals surface area contributed by atoms with Crippen LogP contribution < -0.4 is 9.47 Å². The van der Waals surface area contributed by atoms with E-state index in [-0.39, 0.29) is 29.2 Å². The molecule has 1 saturated heterocycles. The van der Waals surface area contributed by atoms with Crippen LogP contribution >= 0.6 is 0 Å². The highest BCUT2D eigenvalue weighted by atomic mass is 16.5. The average Bonchev–Trinajstić information content (AvgIpc) is 3.14. The topological polar surface area (TPSA) is 85.3 Å². The van der Waals surface area contributed by atoms with Gasteiger partial charge >= 0.3 is 5.97 Å². The molecule has 2 aromatic carbocycles. The minimum absolute atomic E-state index is 0.0876. The number of carbonyl (C=O) groups is 2. The molecular formula is C27H31NO6. The van der Waals surface area contributed by atoms with Crippen LogP contribution in [0.15, 0.2) is 36.1 Å². The molecule has 2 heterocycles. The number of benzene rings is 2. The first kappa shape index (κ1) is 23.8. The van der Waals surface area contributed by atoms with Crippen LogP contribution in [0.25, 0.3) is 6.08 Å². The maximum atomic E-state index is 13.2. The second kappa shape index (κ2) is 10.3. The Morgan fingerprint density at radius 1 is 1.24 bits per heavy atom. The summed E-state index contributed by atoms with van der Waals surface area (Å²) in [4.78, 5) is 27.5. The number of allylic oxidation sites excluding steroid dienone is 1. The van der Waals surface area contributed by atoms with Crippen molar-refractivity contribution in [3.63, 3.8) is 0 Å². The standard InChI is InChI=1S/C27H31NO6/c1-4-32-20-10-8-18(9-11-20)14-23-25(30)24-17(3)13-22(29)21(26(24)34-23)16-28-12-6-7-19(15-28)27(31)33-5-2/h8-11,13-14,19,29H,4-7,12,15-16H2,1-3H3/b23-14-. The molecule has 0 bridgehead atoms. The van der Waals surface area contributed by atoms with Gasteiger partial charge < -0.3 is 19.3 Å². The molecule has 0 amide bonds. The van der Waals surface area contributed by atoms with Gasteiger partial charge in [-0.2, -0.15) is 0 Å². The van der Waals surface area contributed by atoms with Gasteiger partial charge in [-0.1, -0.05) is 12.1 Å². The van der Waals surface area contributed by atoms with Crippen molar-refractivity contribution >= 4 is 17.8 Å². The van der Waals surface area contributed by atoms with Gasteiger partial charge in [0.1, 0.15) is 17.2 Å². The fraction of sp³-hybridized carbons (Fsp3) is 0.407. The van der Waals surface area contributed by atoms with Gasteiger partial charge in [-0.25, -0.2) is 0 Å². The molecule has 0 saturated carbocycles. The van der Waals surface area contributed by atoms with E-state index in [1.807, 2.05) is 31.2 Å². The number of fused-ring (bicyclic) bond motifs is 1. The van der Waals surface area contributed by atoms with Crippen molar-refractivity contribution in [1.29, 1.82) is 0 Å². The van der Waals surface area contributed by atoms with E-state index in [0.717, 1.165) is 30.7 Å². The Morgan fingerprint density at radius 3 is 2.71 bits per heavy atom. The number of piperidine rings is 1. The van der Waals surface area contributed by atoms with Crippen molar-refractivity contribution in [2.75, 3.05) is 26.3 Å². The zero-order chi connectivity index (χ0) is 24.2. The van der Waals surface area contributed by atoms with E-state index in [0.29, 0.717) is 48.7 Å². The van der Waals surface area contributed by atoms with E-state index in [1.165, 1.54) is 0 Å². The number of rotatable bonds is 7. The molecule has 0 aliphatic carbocycles. The molecule has 7 heteroatoms. The molecular weight excluding hydrogens is 434 g/mol. The first-order valence-electron chi connectivity index (χ1n) is 11.8. The third-order valence-electron chi connectivity index (χ3n) is 6.22. The number of Topliss-reactive ketones (excluding diaryl/α,β-unsaturated/α-hetero) is 1. The van der Waals surface area contributed by atoms with E-state index >= 15 is 0 Å². The molecule has 0 radical (unpaired) electrons. The first-order valence-corrected chi connectivity index (χ1v) is 11.8. The van der Waals surface area contributed by atoms with Crippen molar-refractivity contribution in [3.05, 3.63) is 58.3 Å². The van der Waals surface area contributed by atoms with Crippen LogP contribution in [-0.4, -0.2) is 48.1 Å². The van der Waals surface area contributed by atoms with Gasteiger partial charge in [0.05, 0.1) is 30.3 Å². The summed E-state index contributed by atoms with van der Waals surface area (Å²) in [5.41, 5.74) is 2.52. The highest BCUT2D eigenvalue weighted by Crippen LogP contribution is 2.42. The number of ketones is 1. The molecule has 1 unspecified atom stereocenters. The molecule has 4 rings (SSSR count). The minimum Gasteiger partial charge on any atom is -0.507 e. The fourth-order valence-corrected chi connectivity index (χ4v) is 4.59. The third-order valence-corrected chi connectivity index (χ3v) is 6.22. The Morgan fingerprint density at radius 2 is 2.00 bits per heavy atom. The van der Waals surface area contributed by atoms with Crippen molar-refractivity contribution in [2.24, 2.45) is 5.92 Å². The molecule has 7 nitrogen and oxygen atoms in total. The van der Waals surface area contributed by atoms with Gasteiger partial charge in [0, 0.05) is 13.1 Å². The maximum Gasteiger partial charge on any atom is 0.310 e. The largest absolute Gasteiger partial charge is 0.507 e. The van der Waals surface area contributed by atoms with Gasteiger partial charge in [0.25, 0.3) is 0 Å². The molecule has 34 heavy (non-hydrogen) atoms. The molecule has 2 aliphatic rings. The van der Waals surface area contributed by atoms with Gasteiger partial charge in [-0.15, -0.1) is 0 Å². The Bertz CT molecular complexity index is 1110. The van der Waals surface area contributed by atoms with E-state index in [1.54, 1.807) is 26.0 Å². The molecule has 2 aliphatic heterocycles. The van der Waals surface area contributed by atoms with Crippen LogP contribution in [0.3, 0.4) is 0 Å². The normalized spacial score (nSPS) is 19.1. The number of phenols is 1. The number of likely N-dealkylation sites (tertiary alicyclic amines) is 1. The molecule has 0 aromatic heterocycles. The summed E-state index contributed by atoms with van der Waals surface area (Å²) in [5, 5.41) is 10.7. The zero-order valence-electron chi connectivity index (χ0n) is 19.9. The Hall–Kier alpha value is -3.32. The SMILES string of the molecule is CCOC(=O)C1CCCN(Cc2c(O)cc(C)c3c2O/C(=C\c2ccc(OCC)cc2)C3=O)C1. The fourth-order valence-electron chi connectivity index (χ4n) is 4.59. The van der Waals surface area contributed by atoms with Gasteiger partial charge in [-0.3, -0.25) is 14.5 Å². The summed E-state index contributed by atoms with van der Waals surface area (Å²) >= 11 is 0. The number of hydrogen-bond donors (Lipinski definition) is 1. The molecule has 180 valence electrons. The van der Waals surface area contributed by atoms with Crippen molar-refractivity contribution in [3.8, 4) is 17.2 Å². The highest BCUT2D eigenvalue weighted by Gasteiger charge is 2.35. The lowest BCUT2D eigenvalue weighted by molar-refractivity contribution is -0.150. The molecule has 2 aromatic rings. The lowest BCUT2D eigenvalue weighted by Gasteiger charge is -2.31. The van der Waals surface area contributed by atoms with Crippen LogP contribution in [0.5, 0.6) is 17.2 Å². The molecule has 1 fully saturated rings. The molecule has 1 atom stereocenters. The summed E-state index contributed by atoms with van der Waals surface area (Å²) in [6.07, 6.45) is 3.36. The summed E-state index contributed by atoms with van der Waals surface area (Å²) in [6, 6.07) is 9.04. The number of ether oxygens (including phenoxy) is 3. The number of aryl methyl sites for hydroxylation is 1. The van der Waals surface area contributed by atoms with E-state index in [2.05, 4.69) is 4.90 Å². The Kier molecular flexibility index (Phi) is 7.22. The Balaban J connectivity index is 1.58. The van der Waals surface area contributed by atoms with Crippen LogP contribution in [0.2, 0.25) is 0 Å². The van der Waals surface area contributed by atoms with Crippen molar-refractivity contribution in [2.45, 2.75) is 40.2 Å². The lowest BCUT2D eigenvalue weighted by Crippen LogP contribution is -2.39. The van der Waals surface area contributed by atoms with Gasteiger partial charge in [0.15, 0.2) is 5.76 Å². The number of esters is 1. The van der Waals surface area contributed by atoms with Crippen LogP contribution in [0.1, 0.15) is 53.7 Å². The lowest BCUT2D eigenvalue weighted by atomic mass is 9.96. The number of carbonyl (C=O) groups excluding carboxylic acids is 2. The van der Waals surface area contributed by atoms with E-state index in [4.69, 9.17) is 14.2 Å². The smallest absolute Gasteiger partial charge is 0.310 e. The highest BCUT2D eigenvalue weighted by molar-refractivity contribution is 6.15. The summed E-state index contributed by atoms with van der Waals surface area (Å²) in [5.74, 6) is 0.896. The predicted octanol–water partition coefficient (Wildman–Crippen LogP) is 4.49. The number of aromatic hydroxyl groups is 1. The number of hydrogen-bond acceptors (Lipinski definition) is 7. The predicted molar refractivity (Wildman–Crippen MR) is 128 cm³/mol. The number of phenolic OH excluding ortho intramolecular Hbond substituents is 1. The van der Waals surface area contributed by atoms with Crippen LogP contribution in [0, 0.1) is 12.8 Å². The summed E-state index contributed by atoms with van der Waals surface area (Å²) < 4.78 is 16.7. The second-order valence-corrected chi connectivity index (χ2v) is 8.66. The third kappa shape index (κ3) is 4.94. The zero-order valence-corrected chi connectivity index (χ0v) is 19.9. The second-order valence-electron chi connectivity index (χ2n) is 8.66. The number of nitrogens with zero attached hydrogens (tertiary/aromatic N) is 1. The summed E-state index contributed by atoms with van der Waals surface area (Å²) in [7, 11) is 0. The molecule has 0 spiro atoms. The van der Waals surface area contributed by atoms with Crippen molar-refractivity contribution in [1.82, 2.24) is 4.90 Å². The monoisotopic (exact) mass is 465 g/mol. The molecule has 1 N–H and O–H groups in total.